The van der Waals surface area contributed by atoms with Crippen LogP contribution in [0.15, 0.2) is 36.5 Å². The summed E-state index contributed by atoms with van der Waals surface area (Å²) in [6, 6.07) is 9.98. The number of nitrogens with two attached hydrogens (primary N) is 1. The van der Waals surface area contributed by atoms with Crippen LogP contribution in [0.5, 0.6) is 0 Å². The number of carbonyl (C=O) groups is 1. The highest BCUT2D eigenvalue weighted by molar-refractivity contribution is 7.15. The third kappa shape index (κ3) is 6.28. The first kappa shape index (κ1) is 19.7. The second kappa shape index (κ2) is 9.72. The summed E-state index contributed by atoms with van der Waals surface area (Å²) in [5, 5.41) is 3.61. The first-order chi connectivity index (χ1) is 11.7. The summed E-state index contributed by atoms with van der Waals surface area (Å²) in [5.41, 5.74) is 6.79. The van der Waals surface area contributed by atoms with Gasteiger partial charge < -0.3 is 11.1 Å². The largest absolute Gasteiger partial charge is 0.375 e. The molecule has 0 aliphatic carbocycles. The molecule has 8 heteroatoms. The van der Waals surface area contributed by atoms with Crippen LogP contribution in [-0.4, -0.2) is 53.4 Å². The molecule has 2 heterocycles. The van der Waals surface area contributed by atoms with Crippen molar-refractivity contribution in [3.8, 4) is 0 Å². The summed E-state index contributed by atoms with van der Waals surface area (Å²) in [6.45, 7) is 5.69. The number of carbonyl (C=O) groups excluding carboxylic acids is 1. The number of amides is 1. The summed E-state index contributed by atoms with van der Waals surface area (Å²) < 4.78 is 0. The second-order valence-electron chi connectivity index (χ2n) is 5.98. The van der Waals surface area contributed by atoms with Gasteiger partial charge in [-0.3, -0.25) is 14.6 Å². The molecule has 3 N–H and O–H groups in total. The Hall–Kier alpha value is -1.67. The van der Waals surface area contributed by atoms with E-state index in [-0.39, 0.29) is 18.3 Å². The maximum Gasteiger partial charge on any atom is 0.234 e. The van der Waals surface area contributed by atoms with E-state index in [4.69, 9.17) is 5.73 Å². The second-order valence-corrected chi connectivity index (χ2v) is 7.13. The molecule has 0 spiro atoms. The van der Waals surface area contributed by atoms with Gasteiger partial charge in [0.2, 0.25) is 5.91 Å². The third-order valence-electron chi connectivity index (χ3n) is 4.12. The van der Waals surface area contributed by atoms with Crippen molar-refractivity contribution in [2.24, 2.45) is 0 Å². The Morgan fingerprint density at radius 2 is 1.84 bits per heavy atom. The number of piperazine rings is 1. The van der Waals surface area contributed by atoms with Crippen molar-refractivity contribution in [2.75, 3.05) is 38.5 Å². The minimum absolute atomic E-state index is 0. The molecule has 0 unspecified atom stereocenters. The maximum atomic E-state index is 12.1. The van der Waals surface area contributed by atoms with Gasteiger partial charge in [-0.15, -0.1) is 23.7 Å². The molecule has 6 nitrogen and oxygen atoms in total. The fourth-order valence-electron chi connectivity index (χ4n) is 2.78. The number of benzene rings is 1. The molecule has 0 radical (unpaired) electrons. The summed E-state index contributed by atoms with van der Waals surface area (Å²) in [7, 11) is 0. The van der Waals surface area contributed by atoms with Gasteiger partial charge in [0, 0.05) is 50.3 Å². The van der Waals surface area contributed by atoms with Crippen molar-refractivity contribution in [3.05, 3.63) is 47.0 Å². The van der Waals surface area contributed by atoms with Gasteiger partial charge in [0.15, 0.2) is 5.13 Å². The summed E-state index contributed by atoms with van der Waals surface area (Å²) >= 11 is 1.54. The summed E-state index contributed by atoms with van der Waals surface area (Å²) in [5.74, 6) is 0.0857. The van der Waals surface area contributed by atoms with Crippen molar-refractivity contribution in [2.45, 2.75) is 13.1 Å². The van der Waals surface area contributed by atoms with E-state index in [1.807, 2.05) is 36.5 Å². The number of thiazole rings is 1. The van der Waals surface area contributed by atoms with Gasteiger partial charge >= 0.3 is 0 Å². The van der Waals surface area contributed by atoms with Crippen LogP contribution in [0, 0.1) is 0 Å². The van der Waals surface area contributed by atoms with Gasteiger partial charge in [0.05, 0.1) is 6.54 Å². The number of anilines is 1. The zero-order valence-electron chi connectivity index (χ0n) is 14.1. The van der Waals surface area contributed by atoms with E-state index >= 15 is 0 Å². The van der Waals surface area contributed by atoms with Crippen molar-refractivity contribution in [1.29, 1.82) is 0 Å². The molecule has 1 aliphatic rings. The van der Waals surface area contributed by atoms with Crippen LogP contribution in [0.4, 0.5) is 5.13 Å². The lowest BCUT2D eigenvalue weighted by Crippen LogP contribution is -2.48. The van der Waals surface area contributed by atoms with Crippen LogP contribution >= 0.6 is 23.7 Å². The minimum atomic E-state index is 0. The molecule has 0 saturated carbocycles. The van der Waals surface area contributed by atoms with E-state index in [9.17, 15) is 4.79 Å². The van der Waals surface area contributed by atoms with Crippen LogP contribution in [0.25, 0.3) is 0 Å². The number of nitrogen functional groups attached to an aromatic ring is 1. The topological polar surface area (TPSA) is 74.5 Å². The minimum Gasteiger partial charge on any atom is -0.375 e. The molecule has 1 amide bonds. The average molecular weight is 382 g/mol. The van der Waals surface area contributed by atoms with Crippen molar-refractivity contribution >= 4 is 34.8 Å². The Kier molecular flexibility index (Phi) is 7.64. The van der Waals surface area contributed by atoms with Gasteiger partial charge in [0.25, 0.3) is 0 Å². The fraction of sp³-hybridized carbons (Fsp3) is 0.412. The number of aromatic nitrogens is 1. The molecule has 3 rings (SSSR count). The highest BCUT2D eigenvalue weighted by Crippen LogP contribution is 2.17. The van der Waals surface area contributed by atoms with E-state index in [0.29, 0.717) is 18.2 Å². The Balaban J connectivity index is 0.00000225. The zero-order valence-corrected chi connectivity index (χ0v) is 15.7. The molecule has 1 aromatic heterocycles. The number of nitrogens with one attached hydrogen (secondary N) is 1. The zero-order chi connectivity index (χ0) is 16.8. The monoisotopic (exact) mass is 381 g/mol. The molecule has 25 heavy (non-hydrogen) atoms. The predicted octanol–water partition coefficient (Wildman–Crippen LogP) is 1.58. The molecular weight excluding hydrogens is 358 g/mol. The van der Waals surface area contributed by atoms with E-state index in [1.165, 1.54) is 4.88 Å². The first-order valence-electron chi connectivity index (χ1n) is 8.14. The van der Waals surface area contributed by atoms with Crippen molar-refractivity contribution in [1.82, 2.24) is 20.1 Å². The van der Waals surface area contributed by atoms with E-state index in [0.717, 1.165) is 38.3 Å². The first-order valence-corrected chi connectivity index (χ1v) is 8.96. The predicted molar refractivity (Wildman–Crippen MR) is 104 cm³/mol. The maximum absolute atomic E-state index is 12.1. The molecule has 1 aliphatic heterocycles. The Morgan fingerprint density at radius 1 is 1.16 bits per heavy atom. The highest BCUT2D eigenvalue weighted by Gasteiger charge is 2.19. The van der Waals surface area contributed by atoms with E-state index in [1.54, 1.807) is 11.3 Å². The lowest BCUT2D eigenvalue weighted by Gasteiger charge is -2.33. The number of nitrogens with zero attached hydrogens (tertiary/aromatic N) is 3. The lowest BCUT2D eigenvalue weighted by atomic mass is 10.2. The third-order valence-corrected chi connectivity index (χ3v) is 4.93. The van der Waals surface area contributed by atoms with E-state index in [2.05, 4.69) is 20.1 Å². The number of hydrogen-bond acceptors (Lipinski definition) is 6. The van der Waals surface area contributed by atoms with Crippen LogP contribution in [0.1, 0.15) is 10.4 Å². The Labute approximate surface area is 158 Å². The number of rotatable bonds is 6. The van der Waals surface area contributed by atoms with Crippen LogP contribution in [0.3, 0.4) is 0 Å². The molecule has 2 aromatic rings. The normalized spacial score (nSPS) is 15.5. The molecular formula is C17H24ClN5OS. The van der Waals surface area contributed by atoms with E-state index < -0.39 is 0 Å². The van der Waals surface area contributed by atoms with Crippen molar-refractivity contribution in [3.63, 3.8) is 0 Å². The van der Waals surface area contributed by atoms with Gasteiger partial charge in [-0.05, 0) is 5.56 Å². The molecule has 1 aromatic carbocycles. The fourth-order valence-corrected chi connectivity index (χ4v) is 3.50. The molecule has 0 atom stereocenters. The molecule has 1 saturated heterocycles. The lowest BCUT2D eigenvalue weighted by molar-refractivity contribution is -0.122. The molecule has 0 bridgehead atoms. The van der Waals surface area contributed by atoms with Crippen LogP contribution in [-0.2, 0) is 17.9 Å². The van der Waals surface area contributed by atoms with Crippen LogP contribution in [0.2, 0.25) is 0 Å². The average Bonchev–Trinajstić information content (AvgIpc) is 3.01. The quantitative estimate of drug-likeness (QED) is 0.794. The molecule has 136 valence electrons. The SMILES string of the molecule is Cl.Nc1ncc(CN2CCN(CC(=O)NCc3ccccc3)CC2)s1. The Bertz CT molecular complexity index is 658. The summed E-state index contributed by atoms with van der Waals surface area (Å²) in [4.78, 5) is 21.9. The smallest absolute Gasteiger partial charge is 0.234 e. The highest BCUT2D eigenvalue weighted by atomic mass is 35.5. The molecule has 1 fully saturated rings. The summed E-state index contributed by atoms with van der Waals surface area (Å²) in [6.07, 6.45) is 1.85. The van der Waals surface area contributed by atoms with Gasteiger partial charge in [0.1, 0.15) is 0 Å². The van der Waals surface area contributed by atoms with Gasteiger partial charge in [-0.2, -0.15) is 0 Å². The van der Waals surface area contributed by atoms with Crippen molar-refractivity contribution < 1.29 is 4.79 Å². The number of hydrogen-bond donors (Lipinski definition) is 2. The van der Waals surface area contributed by atoms with Crippen LogP contribution < -0.4 is 11.1 Å². The Morgan fingerprint density at radius 3 is 2.48 bits per heavy atom. The van der Waals surface area contributed by atoms with Gasteiger partial charge in [-0.1, -0.05) is 30.3 Å². The van der Waals surface area contributed by atoms with Gasteiger partial charge in [-0.25, -0.2) is 4.98 Å². The number of halogens is 1. The standard InChI is InChI=1S/C17H23N5OS.ClH/c18-17-20-11-15(24-17)12-21-6-8-22(9-7-21)13-16(23)19-10-14-4-2-1-3-5-14;/h1-5,11H,6-10,12-13H2,(H2,18,20)(H,19,23);1H.